The lowest BCUT2D eigenvalue weighted by Gasteiger charge is -2.26. The fourth-order valence-corrected chi connectivity index (χ4v) is 3.73. The summed E-state index contributed by atoms with van der Waals surface area (Å²) in [5, 5.41) is 3.87. The summed E-state index contributed by atoms with van der Waals surface area (Å²) in [5.74, 6) is 1.66. The zero-order valence-electron chi connectivity index (χ0n) is 14.3. The molecule has 0 radical (unpaired) electrons. The molecule has 0 atom stereocenters. The maximum atomic E-state index is 12.5. The molecule has 0 aromatic carbocycles. The Hall–Kier alpha value is -2.87. The van der Waals surface area contributed by atoms with Gasteiger partial charge in [0.15, 0.2) is 0 Å². The molecule has 0 aliphatic carbocycles. The van der Waals surface area contributed by atoms with E-state index in [0.29, 0.717) is 13.1 Å². The molecule has 4 rings (SSSR count). The largest absolute Gasteiger partial charge is 0.333 e. The molecule has 3 aromatic heterocycles. The predicted molar refractivity (Wildman–Crippen MR) is 98.8 cm³/mol. The van der Waals surface area contributed by atoms with Crippen molar-refractivity contribution in [2.75, 3.05) is 6.54 Å². The lowest BCUT2D eigenvalue weighted by Crippen LogP contribution is -2.38. The number of aryl methyl sites for hydroxylation is 1. The molecule has 1 N–H and O–H groups in total. The summed E-state index contributed by atoms with van der Waals surface area (Å²) in [6.07, 6.45) is 7.93. The van der Waals surface area contributed by atoms with Gasteiger partial charge in [0.25, 0.3) is 0 Å². The van der Waals surface area contributed by atoms with Gasteiger partial charge in [0.05, 0.1) is 0 Å². The van der Waals surface area contributed by atoms with Crippen molar-refractivity contribution >= 4 is 18.0 Å². The minimum Gasteiger partial charge on any atom is -0.333 e. The Morgan fingerprint density at radius 3 is 3.00 bits per heavy atom. The summed E-state index contributed by atoms with van der Waals surface area (Å²) in [4.78, 5) is 25.4. The Bertz CT molecular complexity index is 941. The number of pyridine rings is 2. The van der Waals surface area contributed by atoms with Gasteiger partial charge in [-0.2, -0.15) is 0 Å². The van der Waals surface area contributed by atoms with E-state index in [0.717, 1.165) is 28.7 Å². The maximum absolute atomic E-state index is 12.5. The van der Waals surface area contributed by atoms with Crippen LogP contribution in [0.3, 0.4) is 0 Å². The number of carbonyl (C=O) groups excluding carboxylic acids is 1. The lowest BCUT2D eigenvalue weighted by molar-refractivity contribution is 0.225. The Kier molecular flexibility index (Phi) is 4.57. The average molecular weight is 366 g/mol. The van der Waals surface area contributed by atoms with Crippen LogP contribution in [0.2, 0.25) is 0 Å². The molecule has 0 saturated carbocycles. The van der Waals surface area contributed by atoms with Crippen LogP contribution in [-0.4, -0.2) is 36.4 Å². The van der Waals surface area contributed by atoms with Gasteiger partial charge in [-0.15, -0.1) is 0 Å². The highest BCUT2D eigenvalue weighted by molar-refractivity contribution is 7.97. The van der Waals surface area contributed by atoms with Crippen LogP contribution >= 0.6 is 11.9 Å². The third-order valence-electron chi connectivity index (χ3n) is 4.18. The first-order chi connectivity index (χ1) is 12.7. The SMILES string of the molecule is Cc1nccn1-c1cc(CNC(=O)N2CCc3cccnc3S2)ccn1. The molecule has 132 valence electrons. The molecule has 3 aromatic rings. The molecule has 0 fully saturated rings. The van der Waals surface area contributed by atoms with E-state index in [1.807, 2.05) is 35.9 Å². The van der Waals surface area contributed by atoms with Gasteiger partial charge in [0.2, 0.25) is 0 Å². The molecule has 0 saturated heterocycles. The monoisotopic (exact) mass is 366 g/mol. The normalized spacial score (nSPS) is 13.3. The van der Waals surface area contributed by atoms with Crippen LogP contribution in [0.25, 0.3) is 5.82 Å². The molecule has 1 aliphatic heterocycles. The smallest absolute Gasteiger partial charge is 0.327 e. The van der Waals surface area contributed by atoms with E-state index in [-0.39, 0.29) is 6.03 Å². The molecule has 4 heterocycles. The van der Waals surface area contributed by atoms with E-state index in [4.69, 9.17) is 0 Å². The van der Waals surface area contributed by atoms with Gasteiger partial charge in [0.1, 0.15) is 16.7 Å². The first-order valence-electron chi connectivity index (χ1n) is 8.33. The second-order valence-electron chi connectivity index (χ2n) is 5.94. The molecule has 0 unspecified atom stereocenters. The van der Waals surface area contributed by atoms with Crippen molar-refractivity contribution in [3.63, 3.8) is 0 Å². The number of urea groups is 1. The number of rotatable bonds is 3. The van der Waals surface area contributed by atoms with Crippen LogP contribution in [0.4, 0.5) is 4.79 Å². The summed E-state index contributed by atoms with van der Waals surface area (Å²) in [7, 11) is 0. The molecule has 0 bridgehead atoms. The molecule has 8 heteroatoms. The predicted octanol–water partition coefficient (Wildman–Crippen LogP) is 2.75. The van der Waals surface area contributed by atoms with E-state index in [2.05, 4.69) is 26.3 Å². The fourth-order valence-electron chi connectivity index (χ4n) is 2.80. The molecule has 0 spiro atoms. The Morgan fingerprint density at radius 1 is 1.23 bits per heavy atom. The number of hydrogen-bond acceptors (Lipinski definition) is 5. The van der Waals surface area contributed by atoms with Crippen LogP contribution < -0.4 is 5.32 Å². The van der Waals surface area contributed by atoms with Crippen molar-refractivity contribution in [2.45, 2.75) is 24.9 Å². The van der Waals surface area contributed by atoms with Gasteiger partial charge in [-0.1, -0.05) is 6.07 Å². The quantitative estimate of drug-likeness (QED) is 0.722. The highest BCUT2D eigenvalue weighted by Gasteiger charge is 2.22. The van der Waals surface area contributed by atoms with Crippen LogP contribution in [0, 0.1) is 6.92 Å². The minimum atomic E-state index is -0.108. The molecule has 2 amide bonds. The van der Waals surface area contributed by atoms with Gasteiger partial charge in [-0.25, -0.2) is 19.7 Å². The number of aromatic nitrogens is 4. The first-order valence-corrected chi connectivity index (χ1v) is 9.10. The number of fused-ring (bicyclic) bond motifs is 1. The van der Waals surface area contributed by atoms with Crippen LogP contribution in [0.5, 0.6) is 0 Å². The fraction of sp³-hybridized carbons (Fsp3) is 0.222. The van der Waals surface area contributed by atoms with Crippen LogP contribution in [0.15, 0.2) is 54.1 Å². The maximum Gasteiger partial charge on any atom is 0.327 e. The van der Waals surface area contributed by atoms with Crippen molar-refractivity contribution in [2.24, 2.45) is 0 Å². The van der Waals surface area contributed by atoms with E-state index >= 15 is 0 Å². The molecule has 1 aliphatic rings. The number of imidazole rings is 1. The first kappa shape index (κ1) is 16.6. The standard InChI is InChI=1S/C18H18N6OS/c1-13-19-8-10-23(13)16-11-14(4-7-20-16)12-22-18(25)24-9-5-15-3-2-6-21-17(15)26-24/h2-4,6-8,10-11H,5,9,12H2,1H3,(H,22,25). The van der Waals surface area contributed by atoms with Crippen molar-refractivity contribution in [1.29, 1.82) is 0 Å². The van der Waals surface area contributed by atoms with Crippen molar-refractivity contribution in [3.8, 4) is 5.82 Å². The van der Waals surface area contributed by atoms with Gasteiger partial charge in [0, 0.05) is 49.8 Å². The van der Waals surface area contributed by atoms with Gasteiger partial charge in [-0.3, -0.25) is 8.87 Å². The topological polar surface area (TPSA) is 75.9 Å². The molecular weight excluding hydrogens is 348 g/mol. The number of nitrogens with zero attached hydrogens (tertiary/aromatic N) is 5. The Balaban J connectivity index is 1.40. The molecule has 7 nitrogen and oxygen atoms in total. The summed E-state index contributed by atoms with van der Waals surface area (Å²) in [5.41, 5.74) is 2.17. The highest BCUT2D eigenvalue weighted by atomic mass is 32.2. The summed E-state index contributed by atoms with van der Waals surface area (Å²) in [6, 6.07) is 7.73. The van der Waals surface area contributed by atoms with Crippen molar-refractivity contribution < 1.29 is 4.79 Å². The number of hydrogen-bond donors (Lipinski definition) is 1. The number of carbonyl (C=O) groups is 1. The molecule has 26 heavy (non-hydrogen) atoms. The lowest BCUT2D eigenvalue weighted by atomic mass is 10.2. The second-order valence-corrected chi connectivity index (χ2v) is 6.95. The third-order valence-corrected chi connectivity index (χ3v) is 5.29. The summed E-state index contributed by atoms with van der Waals surface area (Å²) >= 11 is 1.39. The zero-order valence-corrected chi connectivity index (χ0v) is 15.1. The number of nitrogens with one attached hydrogen (secondary N) is 1. The van der Waals surface area contributed by atoms with E-state index in [1.165, 1.54) is 17.5 Å². The second kappa shape index (κ2) is 7.17. The van der Waals surface area contributed by atoms with Crippen LogP contribution in [-0.2, 0) is 13.0 Å². The third kappa shape index (κ3) is 3.41. The van der Waals surface area contributed by atoms with Gasteiger partial charge in [-0.05, 0) is 42.7 Å². The van der Waals surface area contributed by atoms with E-state index < -0.39 is 0 Å². The van der Waals surface area contributed by atoms with Crippen LogP contribution in [0.1, 0.15) is 17.0 Å². The van der Waals surface area contributed by atoms with Crippen molar-refractivity contribution in [3.05, 3.63) is 66.0 Å². The van der Waals surface area contributed by atoms with Gasteiger partial charge < -0.3 is 5.32 Å². The Labute approximate surface area is 155 Å². The number of amides is 2. The minimum absolute atomic E-state index is 0.108. The van der Waals surface area contributed by atoms with E-state index in [1.54, 1.807) is 22.9 Å². The van der Waals surface area contributed by atoms with Crippen molar-refractivity contribution in [1.82, 2.24) is 29.1 Å². The summed E-state index contributed by atoms with van der Waals surface area (Å²) < 4.78 is 3.63. The van der Waals surface area contributed by atoms with Gasteiger partial charge >= 0.3 is 6.03 Å². The Morgan fingerprint density at radius 2 is 2.15 bits per heavy atom. The average Bonchev–Trinajstić information content (AvgIpc) is 3.12. The molecular formula is C18H18N6OS. The zero-order chi connectivity index (χ0) is 17.9. The van der Waals surface area contributed by atoms with E-state index in [9.17, 15) is 4.79 Å². The summed E-state index contributed by atoms with van der Waals surface area (Å²) in [6.45, 7) is 3.04. The highest BCUT2D eigenvalue weighted by Crippen LogP contribution is 2.29.